The average Bonchev–Trinajstić information content (AvgIpc) is 2.60. The van der Waals surface area contributed by atoms with Crippen molar-refractivity contribution in [2.45, 2.75) is 6.54 Å². The summed E-state index contributed by atoms with van der Waals surface area (Å²) < 4.78 is 5.33. The van der Waals surface area contributed by atoms with Crippen LogP contribution in [-0.2, 0) is 11.3 Å². The number of hydrogen-bond donors (Lipinski definition) is 0. The van der Waals surface area contributed by atoms with Crippen LogP contribution in [0.15, 0.2) is 48.5 Å². The van der Waals surface area contributed by atoms with Crippen LogP contribution in [0.4, 0.5) is 11.4 Å². The molecule has 0 spiro atoms. The molecule has 0 aliphatic rings. The molecule has 0 N–H and O–H groups in total. The van der Waals surface area contributed by atoms with Gasteiger partial charge in [-0.1, -0.05) is 24.3 Å². The first-order valence-corrected chi connectivity index (χ1v) is 7.75. The van der Waals surface area contributed by atoms with Gasteiger partial charge in [0.1, 0.15) is 0 Å². The van der Waals surface area contributed by atoms with Gasteiger partial charge in [-0.3, -0.25) is 14.9 Å². The van der Waals surface area contributed by atoms with E-state index in [1.165, 1.54) is 17.0 Å². The summed E-state index contributed by atoms with van der Waals surface area (Å²) in [4.78, 5) is 26.1. The van der Waals surface area contributed by atoms with Crippen molar-refractivity contribution in [3.05, 3.63) is 64.2 Å². The number of benzene rings is 2. The number of nitrogens with zero attached hydrogens (tertiary/aromatic N) is 3. The van der Waals surface area contributed by atoms with Gasteiger partial charge in [-0.15, -0.1) is 0 Å². The normalized spacial score (nSPS) is 10.2. The fraction of sp³-hybridized carbons (Fsp3) is 0.278. The number of likely N-dealkylation sites (N-methyl/N-ethyl adjacent to an activating group) is 1. The highest BCUT2D eigenvalue weighted by atomic mass is 16.6. The maximum atomic E-state index is 12.2. The van der Waals surface area contributed by atoms with Crippen molar-refractivity contribution in [1.82, 2.24) is 4.90 Å². The monoisotopic (exact) mass is 343 g/mol. The maximum Gasteiger partial charge on any atom is 0.310 e. The van der Waals surface area contributed by atoms with Gasteiger partial charge >= 0.3 is 5.69 Å². The Bertz CT molecular complexity index is 744. The molecule has 132 valence electrons. The van der Waals surface area contributed by atoms with Crippen LogP contribution < -0.4 is 9.64 Å². The number of nitro benzene ring substituents is 1. The fourth-order valence-corrected chi connectivity index (χ4v) is 2.24. The zero-order valence-electron chi connectivity index (χ0n) is 14.5. The minimum Gasteiger partial charge on any atom is -0.477 e. The zero-order chi connectivity index (χ0) is 18.4. The van der Waals surface area contributed by atoms with Crippen LogP contribution in [0.1, 0.15) is 5.56 Å². The largest absolute Gasteiger partial charge is 0.477 e. The average molecular weight is 343 g/mol. The van der Waals surface area contributed by atoms with Crippen LogP contribution in [-0.4, -0.2) is 43.5 Å². The Morgan fingerprint density at radius 3 is 2.32 bits per heavy atom. The molecule has 0 unspecified atom stereocenters. The summed E-state index contributed by atoms with van der Waals surface area (Å²) in [6.45, 7) is 0.184. The number of para-hydroxylation sites is 2. The third-order valence-corrected chi connectivity index (χ3v) is 3.71. The van der Waals surface area contributed by atoms with Gasteiger partial charge in [0.05, 0.1) is 4.92 Å². The van der Waals surface area contributed by atoms with Crippen molar-refractivity contribution in [3.63, 3.8) is 0 Å². The van der Waals surface area contributed by atoms with Gasteiger partial charge in [0.2, 0.25) is 0 Å². The SMILES string of the molecule is CN(Cc1ccc(N(C)C)cc1)C(=O)COc1ccccc1[N+](=O)[O-]. The van der Waals surface area contributed by atoms with Gasteiger partial charge in [-0.25, -0.2) is 0 Å². The Kier molecular flexibility index (Phi) is 5.94. The third-order valence-electron chi connectivity index (χ3n) is 3.71. The standard InChI is InChI=1S/C18H21N3O4/c1-19(2)15-10-8-14(9-11-15)12-20(3)18(22)13-25-17-7-5-4-6-16(17)21(23)24/h4-11H,12-13H2,1-3H3. The summed E-state index contributed by atoms with van der Waals surface area (Å²) >= 11 is 0. The van der Waals surface area contributed by atoms with E-state index < -0.39 is 4.92 Å². The van der Waals surface area contributed by atoms with Crippen molar-refractivity contribution >= 4 is 17.3 Å². The van der Waals surface area contributed by atoms with E-state index in [0.29, 0.717) is 6.54 Å². The molecule has 7 heteroatoms. The number of carbonyl (C=O) groups is 1. The van der Waals surface area contributed by atoms with Gasteiger partial charge in [0.15, 0.2) is 12.4 Å². The molecule has 0 aliphatic carbocycles. The maximum absolute atomic E-state index is 12.2. The smallest absolute Gasteiger partial charge is 0.310 e. The first-order chi connectivity index (χ1) is 11.9. The Hall–Kier alpha value is -3.09. The number of nitro groups is 1. The van der Waals surface area contributed by atoms with Crippen molar-refractivity contribution in [2.24, 2.45) is 0 Å². The molecular weight excluding hydrogens is 322 g/mol. The van der Waals surface area contributed by atoms with Crippen LogP contribution >= 0.6 is 0 Å². The van der Waals surface area contributed by atoms with Crippen LogP contribution in [0.25, 0.3) is 0 Å². The Morgan fingerprint density at radius 1 is 1.08 bits per heavy atom. The molecule has 0 aliphatic heterocycles. The number of hydrogen-bond acceptors (Lipinski definition) is 5. The third kappa shape index (κ3) is 4.94. The number of anilines is 1. The lowest BCUT2D eigenvalue weighted by molar-refractivity contribution is -0.385. The lowest BCUT2D eigenvalue weighted by Gasteiger charge is -2.18. The minimum absolute atomic E-state index is 0.0876. The van der Waals surface area contributed by atoms with E-state index in [1.807, 2.05) is 43.3 Å². The van der Waals surface area contributed by atoms with Gasteiger partial charge in [-0.2, -0.15) is 0 Å². The molecule has 1 amide bonds. The molecule has 0 fully saturated rings. The second kappa shape index (κ2) is 8.14. The van der Waals surface area contributed by atoms with E-state index in [2.05, 4.69) is 0 Å². The number of carbonyl (C=O) groups excluding carboxylic acids is 1. The molecule has 2 aromatic rings. The van der Waals surface area contributed by atoms with Crippen LogP contribution in [0.2, 0.25) is 0 Å². The second-order valence-corrected chi connectivity index (χ2v) is 5.82. The quantitative estimate of drug-likeness (QED) is 0.571. The summed E-state index contributed by atoms with van der Waals surface area (Å²) in [5.74, 6) is -0.167. The summed E-state index contributed by atoms with van der Waals surface area (Å²) in [5.41, 5.74) is 1.92. The van der Waals surface area contributed by atoms with E-state index in [-0.39, 0.29) is 24.0 Å². The number of ether oxygens (including phenoxy) is 1. The van der Waals surface area contributed by atoms with Crippen molar-refractivity contribution < 1.29 is 14.5 Å². The molecule has 25 heavy (non-hydrogen) atoms. The van der Waals surface area contributed by atoms with Crippen LogP contribution in [0.3, 0.4) is 0 Å². The molecule has 0 aromatic heterocycles. The van der Waals surface area contributed by atoms with Crippen molar-refractivity contribution in [3.8, 4) is 5.75 Å². The van der Waals surface area contributed by atoms with E-state index in [9.17, 15) is 14.9 Å². The highest BCUT2D eigenvalue weighted by Crippen LogP contribution is 2.25. The Balaban J connectivity index is 1.93. The molecule has 0 saturated carbocycles. The van der Waals surface area contributed by atoms with Gasteiger partial charge in [0.25, 0.3) is 5.91 Å². The Morgan fingerprint density at radius 2 is 1.72 bits per heavy atom. The van der Waals surface area contributed by atoms with E-state index in [0.717, 1.165) is 11.3 Å². The number of amides is 1. The molecule has 0 atom stereocenters. The van der Waals surface area contributed by atoms with Crippen LogP contribution in [0, 0.1) is 10.1 Å². The molecule has 7 nitrogen and oxygen atoms in total. The lowest BCUT2D eigenvalue weighted by atomic mass is 10.2. The van der Waals surface area contributed by atoms with Gasteiger partial charge in [0, 0.05) is 39.4 Å². The van der Waals surface area contributed by atoms with Gasteiger partial charge in [-0.05, 0) is 23.8 Å². The predicted molar refractivity (Wildman–Crippen MR) is 95.8 cm³/mol. The van der Waals surface area contributed by atoms with Crippen molar-refractivity contribution in [2.75, 3.05) is 32.6 Å². The summed E-state index contributed by atoms with van der Waals surface area (Å²) in [7, 11) is 5.60. The molecular formula is C18H21N3O4. The second-order valence-electron chi connectivity index (χ2n) is 5.82. The molecule has 0 saturated heterocycles. The van der Waals surface area contributed by atoms with E-state index in [4.69, 9.17) is 4.74 Å². The topological polar surface area (TPSA) is 75.9 Å². The highest BCUT2D eigenvalue weighted by Gasteiger charge is 2.16. The molecule has 2 rings (SSSR count). The predicted octanol–water partition coefficient (Wildman–Crippen LogP) is 2.70. The molecule has 0 heterocycles. The highest BCUT2D eigenvalue weighted by molar-refractivity contribution is 5.77. The Labute approximate surface area is 146 Å². The minimum atomic E-state index is -0.532. The van der Waals surface area contributed by atoms with E-state index in [1.54, 1.807) is 19.2 Å². The fourth-order valence-electron chi connectivity index (χ4n) is 2.24. The van der Waals surface area contributed by atoms with Crippen molar-refractivity contribution in [1.29, 1.82) is 0 Å². The molecule has 2 aromatic carbocycles. The van der Waals surface area contributed by atoms with Gasteiger partial charge < -0.3 is 14.5 Å². The number of rotatable bonds is 7. The molecule has 0 radical (unpaired) electrons. The summed E-state index contributed by atoms with van der Waals surface area (Å²) in [6.07, 6.45) is 0. The van der Waals surface area contributed by atoms with Crippen LogP contribution in [0.5, 0.6) is 5.75 Å². The first kappa shape index (κ1) is 18.3. The lowest BCUT2D eigenvalue weighted by Crippen LogP contribution is -2.31. The zero-order valence-corrected chi connectivity index (χ0v) is 14.5. The summed E-state index contributed by atoms with van der Waals surface area (Å²) in [5, 5.41) is 10.9. The first-order valence-electron chi connectivity index (χ1n) is 7.75. The molecule has 0 bridgehead atoms. The summed E-state index contributed by atoms with van der Waals surface area (Å²) in [6, 6.07) is 13.9. The van der Waals surface area contributed by atoms with E-state index >= 15 is 0 Å².